The number of rotatable bonds is 2. The molecule has 0 amide bonds. The fourth-order valence-electron chi connectivity index (χ4n) is 2.50. The van der Waals surface area contributed by atoms with Gasteiger partial charge in [0.2, 0.25) is 0 Å². The molecule has 2 heterocycles. The van der Waals surface area contributed by atoms with E-state index in [0.717, 1.165) is 18.7 Å². The lowest BCUT2D eigenvalue weighted by molar-refractivity contribution is 0.237. The fourth-order valence-corrected chi connectivity index (χ4v) is 2.50. The molecule has 0 aromatic carbocycles. The Hall–Kier alpha value is -1.42. The Labute approximate surface area is 93.1 Å². The number of nitrogens with two attached hydrogens (primary N) is 1. The molecule has 16 heavy (non-hydrogen) atoms. The molecule has 3 nitrogen and oxygen atoms in total. The van der Waals surface area contributed by atoms with E-state index in [9.17, 15) is 4.39 Å². The summed E-state index contributed by atoms with van der Waals surface area (Å²) in [5, 5.41) is 0. The van der Waals surface area contributed by atoms with Crippen LogP contribution in [0.3, 0.4) is 0 Å². The second kappa shape index (κ2) is 3.28. The summed E-state index contributed by atoms with van der Waals surface area (Å²) < 4.78 is 15.4. The predicted molar refractivity (Wildman–Crippen MR) is 59.7 cm³/mol. The van der Waals surface area contributed by atoms with Gasteiger partial charge in [0.05, 0.1) is 6.20 Å². The van der Waals surface area contributed by atoms with E-state index < -0.39 is 0 Å². The molecule has 0 bridgehead atoms. The maximum atomic E-state index is 13.5. The molecule has 84 valence electrons. The first-order chi connectivity index (χ1) is 7.77. The quantitative estimate of drug-likeness (QED) is 0.837. The third-order valence-corrected chi connectivity index (χ3v) is 3.69. The summed E-state index contributed by atoms with van der Waals surface area (Å²) in [6, 6.07) is 3.16. The topological polar surface area (TPSA) is 43.3 Å². The van der Waals surface area contributed by atoms with Gasteiger partial charge in [-0.1, -0.05) is 6.42 Å². The van der Waals surface area contributed by atoms with Crippen molar-refractivity contribution in [3.8, 4) is 0 Å². The summed E-state index contributed by atoms with van der Waals surface area (Å²) in [5.74, 6) is 0.684. The van der Waals surface area contributed by atoms with Crippen molar-refractivity contribution in [3.63, 3.8) is 0 Å². The van der Waals surface area contributed by atoms with Crippen molar-refractivity contribution >= 4 is 5.52 Å². The van der Waals surface area contributed by atoms with Crippen LogP contribution >= 0.6 is 0 Å². The average Bonchev–Trinajstić information content (AvgIpc) is 2.64. The summed E-state index contributed by atoms with van der Waals surface area (Å²) in [7, 11) is 0. The largest absolute Gasteiger partial charge is 0.329 e. The second-order valence-electron chi connectivity index (χ2n) is 4.53. The molecule has 0 spiro atoms. The van der Waals surface area contributed by atoms with Crippen LogP contribution in [0.1, 0.15) is 25.1 Å². The Morgan fingerprint density at radius 2 is 2.31 bits per heavy atom. The third kappa shape index (κ3) is 1.13. The second-order valence-corrected chi connectivity index (χ2v) is 4.53. The molecule has 0 radical (unpaired) electrons. The highest BCUT2D eigenvalue weighted by atomic mass is 19.1. The first kappa shape index (κ1) is 9.78. The SMILES string of the molecule is NCC1(c2ncc3c(F)cccn23)CCC1. The van der Waals surface area contributed by atoms with Gasteiger partial charge in [-0.15, -0.1) is 0 Å². The molecule has 4 heteroatoms. The molecular formula is C12H14FN3. The molecule has 0 aliphatic heterocycles. The molecule has 0 saturated heterocycles. The van der Waals surface area contributed by atoms with Gasteiger partial charge in [-0.2, -0.15) is 0 Å². The summed E-state index contributed by atoms with van der Waals surface area (Å²) in [5.41, 5.74) is 6.35. The summed E-state index contributed by atoms with van der Waals surface area (Å²) in [4.78, 5) is 4.36. The van der Waals surface area contributed by atoms with Gasteiger partial charge in [-0.3, -0.25) is 0 Å². The van der Waals surface area contributed by atoms with Crippen LogP contribution in [0, 0.1) is 5.82 Å². The van der Waals surface area contributed by atoms with Crippen molar-refractivity contribution in [2.24, 2.45) is 5.73 Å². The van der Waals surface area contributed by atoms with Crippen LogP contribution in [0.25, 0.3) is 5.52 Å². The molecule has 1 saturated carbocycles. The Bertz CT molecular complexity index is 523. The number of imidazole rings is 1. The number of nitrogens with zero attached hydrogens (tertiary/aromatic N) is 2. The van der Waals surface area contributed by atoms with Crippen LogP contribution < -0.4 is 5.73 Å². The molecule has 0 unspecified atom stereocenters. The summed E-state index contributed by atoms with van der Waals surface area (Å²) in [6.07, 6.45) is 6.75. The number of aromatic nitrogens is 2. The first-order valence-corrected chi connectivity index (χ1v) is 5.59. The Morgan fingerprint density at radius 3 is 2.94 bits per heavy atom. The van der Waals surface area contributed by atoms with Crippen molar-refractivity contribution in [1.82, 2.24) is 9.38 Å². The molecular weight excluding hydrogens is 205 g/mol. The van der Waals surface area contributed by atoms with Gasteiger partial charge in [0.15, 0.2) is 0 Å². The highest BCUT2D eigenvalue weighted by molar-refractivity contribution is 5.48. The number of fused-ring (bicyclic) bond motifs is 1. The van der Waals surface area contributed by atoms with Crippen molar-refractivity contribution in [2.45, 2.75) is 24.7 Å². The zero-order valence-corrected chi connectivity index (χ0v) is 8.99. The van der Waals surface area contributed by atoms with Crippen LogP contribution in [0.15, 0.2) is 24.5 Å². The normalized spacial score (nSPS) is 18.6. The molecule has 2 N–H and O–H groups in total. The Morgan fingerprint density at radius 1 is 1.50 bits per heavy atom. The summed E-state index contributed by atoms with van der Waals surface area (Å²) in [6.45, 7) is 0.586. The Balaban J connectivity index is 2.21. The highest BCUT2D eigenvalue weighted by Gasteiger charge is 2.40. The van der Waals surface area contributed by atoms with Crippen LogP contribution in [0.2, 0.25) is 0 Å². The molecule has 0 atom stereocenters. The van der Waals surface area contributed by atoms with Gasteiger partial charge in [0.25, 0.3) is 0 Å². The van der Waals surface area contributed by atoms with E-state index >= 15 is 0 Å². The van der Waals surface area contributed by atoms with E-state index in [4.69, 9.17) is 5.73 Å². The van der Waals surface area contributed by atoms with Crippen LogP contribution in [-0.4, -0.2) is 15.9 Å². The minimum Gasteiger partial charge on any atom is -0.329 e. The minimum absolute atomic E-state index is 0.0276. The van der Waals surface area contributed by atoms with Crippen molar-refractivity contribution in [1.29, 1.82) is 0 Å². The van der Waals surface area contributed by atoms with E-state index in [1.807, 2.05) is 10.6 Å². The van der Waals surface area contributed by atoms with Gasteiger partial charge in [0.1, 0.15) is 17.2 Å². The number of hydrogen-bond acceptors (Lipinski definition) is 2. The molecule has 2 aromatic heterocycles. The maximum Gasteiger partial charge on any atom is 0.148 e. The van der Waals surface area contributed by atoms with Gasteiger partial charge in [0, 0.05) is 18.2 Å². The van der Waals surface area contributed by atoms with E-state index in [-0.39, 0.29) is 11.2 Å². The van der Waals surface area contributed by atoms with E-state index in [0.29, 0.717) is 12.1 Å². The molecule has 3 rings (SSSR count). The monoisotopic (exact) mass is 219 g/mol. The lowest BCUT2D eigenvalue weighted by Crippen LogP contribution is -2.43. The van der Waals surface area contributed by atoms with E-state index in [1.54, 1.807) is 12.3 Å². The third-order valence-electron chi connectivity index (χ3n) is 3.69. The lowest BCUT2D eigenvalue weighted by Gasteiger charge is -2.39. The first-order valence-electron chi connectivity index (χ1n) is 5.59. The zero-order valence-electron chi connectivity index (χ0n) is 8.99. The standard InChI is InChI=1S/C12H14FN3/c13-9-3-1-6-16-10(9)7-15-11(16)12(8-14)4-2-5-12/h1,3,6-7H,2,4-5,8,14H2. The zero-order chi connectivity index (χ0) is 11.2. The average molecular weight is 219 g/mol. The fraction of sp³-hybridized carbons (Fsp3) is 0.417. The number of pyridine rings is 1. The van der Waals surface area contributed by atoms with Gasteiger partial charge < -0.3 is 10.1 Å². The van der Waals surface area contributed by atoms with E-state index in [2.05, 4.69) is 4.98 Å². The molecule has 2 aromatic rings. The molecule has 1 aliphatic carbocycles. The number of halogens is 1. The van der Waals surface area contributed by atoms with Crippen LogP contribution in [-0.2, 0) is 5.41 Å². The van der Waals surface area contributed by atoms with Gasteiger partial charge >= 0.3 is 0 Å². The minimum atomic E-state index is -0.229. The predicted octanol–water partition coefficient (Wildman–Crippen LogP) is 1.85. The molecule has 1 fully saturated rings. The molecule has 1 aliphatic rings. The smallest absolute Gasteiger partial charge is 0.148 e. The van der Waals surface area contributed by atoms with Crippen LogP contribution in [0.4, 0.5) is 4.39 Å². The maximum absolute atomic E-state index is 13.5. The van der Waals surface area contributed by atoms with Crippen molar-refractivity contribution in [2.75, 3.05) is 6.54 Å². The summed E-state index contributed by atoms with van der Waals surface area (Å²) >= 11 is 0. The van der Waals surface area contributed by atoms with Crippen molar-refractivity contribution < 1.29 is 4.39 Å². The van der Waals surface area contributed by atoms with E-state index in [1.165, 1.54) is 12.5 Å². The Kier molecular flexibility index (Phi) is 2.01. The van der Waals surface area contributed by atoms with Gasteiger partial charge in [-0.05, 0) is 25.0 Å². The highest BCUT2D eigenvalue weighted by Crippen LogP contribution is 2.42. The van der Waals surface area contributed by atoms with Crippen molar-refractivity contribution in [3.05, 3.63) is 36.2 Å². The lowest BCUT2D eigenvalue weighted by atomic mass is 9.68. The number of hydrogen-bond donors (Lipinski definition) is 1. The van der Waals surface area contributed by atoms with Crippen LogP contribution in [0.5, 0.6) is 0 Å². The van der Waals surface area contributed by atoms with Gasteiger partial charge in [-0.25, -0.2) is 9.37 Å².